The summed E-state index contributed by atoms with van der Waals surface area (Å²) < 4.78 is 0. The molecule has 0 aliphatic rings. The standard InChI is InChI=1S/C15H25N3O2/c1-7-10-11(8-2)16-17-13(12(10)14(19)20)18(6)15(4,5)9-3/h7-9H2,1-6H3,(H,19,20). The lowest BCUT2D eigenvalue weighted by atomic mass is 9.97. The van der Waals surface area contributed by atoms with Gasteiger partial charge in [-0.05, 0) is 38.7 Å². The summed E-state index contributed by atoms with van der Waals surface area (Å²) in [4.78, 5) is 13.6. The van der Waals surface area contributed by atoms with Crippen molar-refractivity contribution in [2.45, 2.75) is 59.4 Å². The first-order chi connectivity index (χ1) is 9.30. The van der Waals surface area contributed by atoms with Crippen LogP contribution in [0, 0.1) is 0 Å². The third kappa shape index (κ3) is 2.92. The van der Waals surface area contributed by atoms with Gasteiger partial charge in [-0.3, -0.25) is 0 Å². The highest BCUT2D eigenvalue weighted by atomic mass is 16.4. The fourth-order valence-corrected chi connectivity index (χ4v) is 2.15. The molecule has 0 saturated heterocycles. The summed E-state index contributed by atoms with van der Waals surface area (Å²) in [6.07, 6.45) is 2.23. The Labute approximate surface area is 121 Å². The van der Waals surface area contributed by atoms with Crippen molar-refractivity contribution in [2.24, 2.45) is 0 Å². The molecule has 20 heavy (non-hydrogen) atoms. The highest BCUT2D eigenvalue weighted by Gasteiger charge is 2.29. The number of aromatic carboxylic acids is 1. The molecule has 0 radical (unpaired) electrons. The summed E-state index contributed by atoms with van der Waals surface area (Å²) in [5, 5.41) is 18.0. The van der Waals surface area contributed by atoms with Crippen LogP contribution in [0.2, 0.25) is 0 Å². The van der Waals surface area contributed by atoms with Crippen molar-refractivity contribution >= 4 is 11.8 Å². The van der Waals surface area contributed by atoms with Gasteiger partial charge < -0.3 is 10.0 Å². The monoisotopic (exact) mass is 279 g/mol. The largest absolute Gasteiger partial charge is 0.478 e. The number of rotatable bonds is 6. The zero-order valence-corrected chi connectivity index (χ0v) is 13.3. The van der Waals surface area contributed by atoms with E-state index in [2.05, 4.69) is 31.0 Å². The van der Waals surface area contributed by atoms with Crippen LogP contribution in [0.15, 0.2) is 0 Å². The zero-order valence-electron chi connectivity index (χ0n) is 13.3. The van der Waals surface area contributed by atoms with E-state index in [1.54, 1.807) is 0 Å². The minimum Gasteiger partial charge on any atom is -0.478 e. The van der Waals surface area contributed by atoms with E-state index in [0.29, 0.717) is 24.2 Å². The molecule has 1 heterocycles. The van der Waals surface area contributed by atoms with E-state index in [0.717, 1.165) is 17.7 Å². The van der Waals surface area contributed by atoms with Crippen molar-refractivity contribution < 1.29 is 9.90 Å². The number of nitrogens with zero attached hydrogens (tertiary/aromatic N) is 3. The molecule has 5 nitrogen and oxygen atoms in total. The highest BCUT2D eigenvalue weighted by Crippen LogP contribution is 2.29. The zero-order chi connectivity index (χ0) is 15.5. The molecule has 0 aliphatic carbocycles. The Balaban J connectivity index is 3.52. The van der Waals surface area contributed by atoms with Crippen molar-refractivity contribution in [3.8, 4) is 0 Å². The van der Waals surface area contributed by atoms with Gasteiger partial charge in [-0.25, -0.2) is 4.79 Å². The van der Waals surface area contributed by atoms with Crippen molar-refractivity contribution in [3.05, 3.63) is 16.8 Å². The van der Waals surface area contributed by atoms with Crippen molar-refractivity contribution in [2.75, 3.05) is 11.9 Å². The Bertz CT molecular complexity index is 498. The molecule has 1 N–H and O–H groups in total. The first-order valence-corrected chi connectivity index (χ1v) is 7.15. The second-order valence-electron chi connectivity index (χ2n) is 5.56. The molecular formula is C15H25N3O2. The van der Waals surface area contributed by atoms with Gasteiger partial charge in [0.2, 0.25) is 0 Å². The van der Waals surface area contributed by atoms with Gasteiger partial charge >= 0.3 is 5.97 Å². The SMILES string of the molecule is CCc1nnc(N(C)C(C)(C)CC)c(C(=O)O)c1CC. The molecule has 112 valence electrons. The summed E-state index contributed by atoms with van der Waals surface area (Å²) >= 11 is 0. The van der Waals surface area contributed by atoms with E-state index in [4.69, 9.17) is 0 Å². The Kier molecular flexibility index (Phi) is 5.09. The third-order valence-corrected chi connectivity index (χ3v) is 4.13. The van der Waals surface area contributed by atoms with Crippen molar-refractivity contribution in [1.29, 1.82) is 0 Å². The molecule has 0 aliphatic heterocycles. The van der Waals surface area contributed by atoms with Gasteiger partial charge in [-0.2, -0.15) is 5.10 Å². The van der Waals surface area contributed by atoms with E-state index in [9.17, 15) is 9.90 Å². The van der Waals surface area contributed by atoms with Gasteiger partial charge in [-0.1, -0.05) is 20.8 Å². The van der Waals surface area contributed by atoms with Crippen LogP contribution in [0.4, 0.5) is 5.82 Å². The number of aryl methyl sites for hydroxylation is 1. The van der Waals surface area contributed by atoms with E-state index >= 15 is 0 Å². The highest BCUT2D eigenvalue weighted by molar-refractivity contribution is 5.95. The quantitative estimate of drug-likeness (QED) is 0.867. The summed E-state index contributed by atoms with van der Waals surface area (Å²) in [6, 6.07) is 0. The van der Waals surface area contributed by atoms with Crippen LogP contribution in [0.3, 0.4) is 0 Å². The van der Waals surface area contributed by atoms with Gasteiger partial charge in [0.15, 0.2) is 5.82 Å². The molecule has 0 unspecified atom stereocenters. The second-order valence-corrected chi connectivity index (χ2v) is 5.56. The first kappa shape index (κ1) is 16.4. The van der Waals surface area contributed by atoms with Gasteiger partial charge in [-0.15, -0.1) is 5.10 Å². The van der Waals surface area contributed by atoms with Gasteiger partial charge in [0.05, 0.1) is 5.69 Å². The predicted molar refractivity (Wildman–Crippen MR) is 80.5 cm³/mol. The molecule has 0 saturated carbocycles. The Morgan fingerprint density at radius 1 is 1.20 bits per heavy atom. The second kappa shape index (κ2) is 6.20. The van der Waals surface area contributed by atoms with Crippen LogP contribution in [-0.4, -0.2) is 33.9 Å². The molecule has 0 bridgehead atoms. The molecule has 0 fully saturated rings. The number of carboxylic acids is 1. The lowest BCUT2D eigenvalue weighted by Crippen LogP contribution is -2.42. The van der Waals surface area contributed by atoms with Crippen LogP contribution in [0.1, 0.15) is 62.7 Å². The van der Waals surface area contributed by atoms with E-state index < -0.39 is 5.97 Å². The summed E-state index contributed by atoms with van der Waals surface area (Å²) in [7, 11) is 1.88. The van der Waals surface area contributed by atoms with E-state index in [1.807, 2.05) is 25.8 Å². The Morgan fingerprint density at radius 2 is 1.80 bits per heavy atom. The molecule has 1 rings (SSSR count). The van der Waals surface area contributed by atoms with Crippen LogP contribution < -0.4 is 4.90 Å². The first-order valence-electron chi connectivity index (χ1n) is 7.15. The van der Waals surface area contributed by atoms with Gasteiger partial charge in [0.25, 0.3) is 0 Å². The molecule has 1 aromatic heterocycles. The minimum atomic E-state index is -0.930. The van der Waals surface area contributed by atoms with Crippen molar-refractivity contribution in [3.63, 3.8) is 0 Å². The minimum absolute atomic E-state index is 0.169. The number of carbonyl (C=O) groups is 1. The molecule has 5 heteroatoms. The maximum atomic E-state index is 11.7. The summed E-state index contributed by atoms with van der Waals surface area (Å²) in [5.74, 6) is -0.474. The average molecular weight is 279 g/mol. The lowest BCUT2D eigenvalue weighted by Gasteiger charge is -2.36. The van der Waals surface area contributed by atoms with E-state index in [-0.39, 0.29) is 5.54 Å². The summed E-state index contributed by atoms with van der Waals surface area (Å²) in [5.41, 5.74) is 1.70. The molecule has 1 aromatic rings. The fourth-order valence-electron chi connectivity index (χ4n) is 2.15. The topological polar surface area (TPSA) is 66.3 Å². The van der Waals surface area contributed by atoms with Crippen LogP contribution in [0.25, 0.3) is 0 Å². The predicted octanol–water partition coefficient (Wildman–Crippen LogP) is 2.92. The molecule has 0 amide bonds. The smallest absolute Gasteiger partial charge is 0.339 e. The Morgan fingerprint density at radius 3 is 2.20 bits per heavy atom. The van der Waals surface area contributed by atoms with E-state index in [1.165, 1.54) is 0 Å². The average Bonchev–Trinajstić information content (AvgIpc) is 2.44. The normalized spacial score (nSPS) is 11.5. The molecule has 0 aromatic carbocycles. The number of hydrogen-bond donors (Lipinski definition) is 1. The van der Waals surface area contributed by atoms with Gasteiger partial charge in [0, 0.05) is 12.6 Å². The number of carboxylic acid groups (broad SMARTS) is 1. The number of anilines is 1. The maximum absolute atomic E-state index is 11.7. The Hall–Kier alpha value is -1.65. The molecular weight excluding hydrogens is 254 g/mol. The number of aromatic nitrogens is 2. The summed E-state index contributed by atoms with van der Waals surface area (Å²) in [6.45, 7) is 10.1. The number of hydrogen-bond acceptors (Lipinski definition) is 4. The maximum Gasteiger partial charge on any atom is 0.339 e. The molecule has 0 atom stereocenters. The van der Waals surface area contributed by atoms with Crippen molar-refractivity contribution in [1.82, 2.24) is 10.2 Å². The molecule has 0 spiro atoms. The van der Waals surface area contributed by atoms with Gasteiger partial charge in [0.1, 0.15) is 5.56 Å². The van der Waals surface area contributed by atoms with Crippen LogP contribution in [-0.2, 0) is 12.8 Å². The van der Waals surface area contributed by atoms with Crippen LogP contribution >= 0.6 is 0 Å². The fraction of sp³-hybridized carbons (Fsp3) is 0.667. The van der Waals surface area contributed by atoms with Crippen LogP contribution in [0.5, 0.6) is 0 Å². The lowest BCUT2D eigenvalue weighted by molar-refractivity contribution is 0.0695. The third-order valence-electron chi connectivity index (χ3n) is 4.13.